The van der Waals surface area contributed by atoms with Crippen LogP contribution in [-0.2, 0) is 9.68 Å². The number of para-hydroxylation sites is 2. The monoisotopic (exact) mass is 646 g/mol. The minimum Gasteiger partial charge on any atom is -0.491 e. The standard InChI is InChI=1S/C42H79NO3/c1-4-7-10-13-16-19-22-25-28-33-38-44-42-37-32-31-36-41(42)43(45-39-34-29-26-23-20-17-14-11-8-5-2)46-40-35-30-27-24-21-18-15-12-9-6-3/h31-32,36-37H,4-30,33-35,38-40H2,1-3H3. The van der Waals surface area contributed by atoms with Crippen molar-refractivity contribution in [3.63, 3.8) is 0 Å². The first-order chi connectivity index (χ1) is 22.8. The Labute approximate surface area is 288 Å². The van der Waals surface area contributed by atoms with E-state index in [2.05, 4.69) is 45.0 Å². The minimum absolute atomic E-state index is 0.682. The number of rotatable bonds is 37. The first-order valence-electron chi connectivity index (χ1n) is 20.6. The molecule has 0 heterocycles. The predicted octanol–water partition coefficient (Wildman–Crippen LogP) is 14.5. The van der Waals surface area contributed by atoms with Gasteiger partial charge in [0.2, 0.25) is 0 Å². The first-order valence-corrected chi connectivity index (χ1v) is 20.6. The highest BCUT2D eigenvalue weighted by Gasteiger charge is 2.14. The number of nitrogens with zero attached hydrogens (tertiary/aromatic N) is 1. The Hall–Kier alpha value is -1.26. The Balaban J connectivity index is 2.41. The van der Waals surface area contributed by atoms with Crippen LogP contribution in [0.4, 0.5) is 5.69 Å². The molecule has 0 amide bonds. The second-order valence-electron chi connectivity index (χ2n) is 13.8. The zero-order chi connectivity index (χ0) is 33.0. The van der Waals surface area contributed by atoms with Crippen LogP contribution in [0.3, 0.4) is 0 Å². The quantitative estimate of drug-likeness (QED) is 0.0532. The van der Waals surface area contributed by atoms with Gasteiger partial charge in [-0.3, -0.25) is 0 Å². The molecule has 0 N–H and O–H groups in total. The average Bonchev–Trinajstić information content (AvgIpc) is 3.07. The second-order valence-corrected chi connectivity index (χ2v) is 13.8. The Morgan fingerprint density at radius 1 is 0.370 bits per heavy atom. The van der Waals surface area contributed by atoms with Gasteiger partial charge in [0.05, 0.1) is 19.8 Å². The minimum atomic E-state index is 0.682. The second kappa shape index (κ2) is 35.1. The van der Waals surface area contributed by atoms with Gasteiger partial charge in [0.25, 0.3) is 0 Å². The molecule has 4 nitrogen and oxygen atoms in total. The highest BCUT2D eigenvalue weighted by atomic mass is 16.9. The van der Waals surface area contributed by atoms with Crippen LogP contribution in [0.25, 0.3) is 0 Å². The molecule has 0 atom stereocenters. The van der Waals surface area contributed by atoms with Gasteiger partial charge in [-0.1, -0.05) is 206 Å². The molecule has 0 radical (unpaired) electrons. The van der Waals surface area contributed by atoms with Crippen LogP contribution in [0.1, 0.15) is 213 Å². The van der Waals surface area contributed by atoms with Crippen LogP contribution < -0.4 is 9.96 Å². The van der Waals surface area contributed by atoms with E-state index in [-0.39, 0.29) is 0 Å². The lowest BCUT2D eigenvalue weighted by Gasteiger charge is -2.25. The van der Waals surface area contributed by atoms with E-state index in [1.165, 1.54) is 173 Å². The molecule has 0 aliphatic heterocycles. The third-order valence-corrected chi connectivity index (χ3v) is 9.23. The summed E-state index contributed by atoms with van der Waals surface area (Å²) in [5, 5.41) is 1.68. The van der Waals surface area contributed by atoms with Crippen LogP contribution >= 0.6 is 0 Å². The van der Waals surface area contributed by atoms with Crippen molar-refractivity contribution in [1.29, 1.82) is 0 Å². The third kappa shape index (κ3) is 26.8. The van der Waals surface area contributed by atoms with E-state index >= 15 is 0 Å². The Morgan fingerprint density at radius 2 is 0.674 bits per heavy atom. The van der Waals surface area contributed by atoms with Crippen molar-refractivity contribution in [2.45, 2.75) is 213 Å². The molecule has 1 aromatic carbocycles. The summed E-state index contributed by atoms with van der Waals surface area (Å²) >= 11 is 0. The molecule has 0 saturated carbocycles. The first kappa shape index (κ1) is 42.8. The van der Waals surface area contributed by atoms with Crippen molar-refractivity contribution in [3.05, 3.63) is 24.3 Å². The van der Waals surface area contributed by atoms with Gasteiger partial charge < -0.3 is 4.74 Å². The highest BCUT2D eigenvalue weighted by molar-refractivity contribution is 5.55. The third-order valence-electron chi connectivity index (χ3n) is 9.23. The molecule has 270 valence electrons. The molecule has 0 aromatic heterocycles. The molecule has 4 heteroatoms. The SMILES string of the molecule is CCCCCCCCCCCCOc1ccccc1N(OCCCCCCCCCCCC)OCCCCCCCCCCCC. The summed E-state index contributed by atoms with van der Waals surface area (Å²) in [6.45, 7) is 8.98. The number of ether oxygens (including phenoxy) is 1. The Morgan fingerprint density at radius 3 is 1.04 bits per heavy atom. The van der Waals surface area contributed by atoms with E-state index in [9.17, 15) is 0 Å². The summed E-state index contributed by atoms with van der Waals surface area (Å²) in [7, 11) is 0. The van der Waals surface area contributed by atoms with Gasteiger partial charge in [-0.15, -0.1) is 5.23 Å². The van der Waals surface area contributed by atoms with Crippen LogP contribution in [0.15, 0.2) is 24.3 Å². The lowest BCUT2D eigenvalue weighted by atomic mass is 10.1. The maximum absolute atomic E-state index is 6.30. The van der Waals surface area contributed by atoms with E-state index in [0.29, 0.717) is 13.2 Å². The number of hydrogen-bond donors (Lipinski definition) is 0. The van der Waals surface area contributed by atoms with Crippen LogP contribution in [0.5, 0.6) is 5.75 Å². The van der Waals surface area contributed by atoms with Gasteiger partial charge in [-0.2, -0.15) is 0 Å². The van der Waals surface area contributed by atoms with Gasteiger partial charge in [-0.05, 0) is 31.4 Å². The normalized spacial score (nSPS) is 11.4. The van der Waals surface area contributed by atoms with Gasteiger partial charge in [0.15, 0.2) is 0 Å². The molecule has 1 aromatic rings. The Bertz CT molecular complexity index is 701. The van der Waals surface area contributed by atoms with Crippen molar-refractivity contribution in [2.75, 3.05) is 25.0 Å². The summed E-state index contributed by atoms with van der Waals surface area (Å²) in [4.78, 5) is 12.5. The number of hydrogen-bond acceptors (Lipinski definition) is 4. The Kier molecular flexibility index (Phi) is 32.6. The largest absolute Gasteiger partial charge is 0.491 e. The topological polar surface area (TPSA) is 30.9 Å². The van der Waals surface area contributed by atoms with Crippen molar-refractivity contribution in [1.82, 2.24) is 0 Å². The maximum Gasteiger partial charge on any atom is 0.147 e. The molecule has 0 spiro atoms. The summed E-state index contributed by atoms with van der Waals surface area (Å²) in [5.74, 6) is 0.865. The molecule has 0 unspecified atom stereocenters. The summed E-state index contributed by atoms with van der Waals surface area (Å²) < 4.78 is 6.30. The van der Waals surface area contributed by atoms with E-state index in [1.807, 2.05) is 0 Å². The molecule has 0 aliphatic carbocycles. The predicted molar refractivity (Wildman–Crippen MR) is 202 cm³/mol. The molecule has 46 heavy (non-hydrogen) atoms. The molecule has 0 fully saturated rings. The van der Waals surface area contributed by atoms with Crippen LogP contribution in [0, 0.1) is 0 Å². The van der Waals surface area contributed by atoms with Gasteiger partial charge in [-0.25, -0.2) is 9.68 Å². The molecule has 0 saturated heterocycles. The van der Waals surface area contributed by atoms with E-state index < -0.39 is 0 Å². The smallest absolute Gasteiger partial charge is 0.147 e. The van der Waals surface area contributed by atoms with Gasteiger partial charge in [0.1, 0.15) is 11.4 Å². The van der Waals surface area contributed by atoms with Crippen molar-refractivity contribution in [3.8, 4) is 5.75 Å². The van der Waals surface area contributed by atoms with Gasteiger partial charge in [0, 0.05) is 0 Å². The number of benzene rings is 1. The van der Waals surface area contributed by atoms with Gasteiger partial charge >= 0.3 is 0 Å². The molecule has 1 rings (SSSR count). The molecule has 0 aliphatic rings. The van der Waals surface area contributed by atoms with E-state index in [0.717, 1.165) is 37.3 Å². The van der Waals surface area contributed by atoms with Crippen LogP contribution in [-0.4, -0.2) is 19.8 Å². The molecular weight excluding hydrogens is 566 g/mol. The zero-order valence-electron chi connectivity index (χ0n) is 31.3. The number of anilines is 1. The fraction of sp³-hybridized carbons (Fsp3) is 0.857. The fourth-order valence-electron chi connectivity index (χ4n) is 6.15. The van der Waals surface area contributed by atoms with Crippen molar-refractivity contribution in [2.24, 2.45) is 0 Å². The molecular formula is C42H79NO3. The van der Waals surface area contributed by atoms with Crippen molar-refractivity contribution >= 4 is 5.69 Å². The lowest BCUT2D eigenvalue weighted by molar-refractivity contribution is -0.0921. The maximum atomic E-state index is 6.30. The lowest BCUT2D eigenvalue weighted by Crippen LogP contribution is -2.26. The average molecular weight is 646 g/mol. The zero-order valence-corrected chi connectivity index (χ0v) is 31.3. The summed E-state index contributed by atoms with van der Waals surface area (Å²) in [6.07, 6.45) is 39.8. The molecule has 0 bridgehead atoms. The fourth-order valence-corrected chi connectivity index (χ4v) is 6.15. The van der Waals surface area contributed by atoms with Crippen LogP contribution in [0.2, 0.25) is 0 Å². The van der Waals surface area contributed by atoms with E-state index in [4.69, 9.17) is 14.4 Å². The van der Waals surface area contributed by atoms with E-state index in [1.54, 1.807) is 5.23 Å². The highest BCUT2D eigenvalue weighted by Crippen LogP contribution is 2.29. The summed E-state index contributed by atoms with van der Waals surface area (Å²) in [6, 6.07) is 8.25. The van der Waals surface area contributed by atoms with Crippen molar-refractivity contribution < 1.29 is 14.4 Å². The summed E-state index contributed by atoms with van der Waals surface area (Å²) in [5.41, 5.74) is 0.897. The number of unbranched alkanes of at least 4 members (excludes halogenated alkanes) is 27.